The third kappa shape index (κ3) is 2.66. The van der Waals surface area contributed by atoms with Crippen molar-refractivity contribution in [1.29, 1.82) is 0 Å². The molecule has 0 amide bonds. The van der Waals surface area contributed by atoms with Gasteiger partial charge in [0.05, 0.1) is 5.56 Å². The molecule has 0 fully saturated rings. The first-order valence-electron chi connectivity index (χ1n) is 5.89. The zero-order valence-electron chi connectivity index (χ0n) is 10.5. The van der Waals surface area contributed by atoms with Crippen molar-refractivity contribution in [3.05, 3.63) is 48.2 Å². The number of fused-ring (bicyclic) bond motifs is 1. The van der Waals surface area contributed by atoms with Gasteiger partial charge in [0, 0.05) is 16.8 Å². The molecule has 0 spiro atoms. The quantitative estimate of drug-likeness (QED) is 0.736. The van der Waals surface area contributed by atoms with Crippen LogP contribution in [0, 0.1) is 0 Å². The molecule has 8 heteroatoms. The summed E-state index contributed by atoms with van der Waals surface area (Å²) < 4.78 is 40.8. The predicted molar refractivity (Wildman–Crippen MR) is 73.0 cm³/mol. The van der Waals surface area contributed by atoms with Gasteiger partial charge in [-0.25, -0.2) is 0 Å². The zero-order valence-corrected chi connectivity index (χ0v) is 11.3. The summed E-state index contributed by atoms with van der Waals surface area (Å²) in [6.07, 6.45) is -2.78. The van der Waals surface area contributed by atoms with Crippen LogP contribution in [-0.4, -0.2) is 14.6 Å². The van der Waals surface area contributed by atoms with Crippen LogP contribution in [0.3, 0.4) is 0 Å². The van der Waals surface area contributed by atoms with E-state index in [1.165, 1.54) is 12.1 Å². The minimum atomic E-state index is -4.47. The molecule has 2 N–H and O–H groups in total. The lowest BCUT2D eigenvalue weighted by molar-refractivity contribution is -0.139. The number of benzene rings is 1. The lowest BCUT2D eigenvalue weighted by Crippen LogP contribution is -2.07. The van der Waals surface area contributed by atoms with Crippen LogP contribution in [0.2, 0.25) is 0 Å². The number of anilines is 1. The maximum absolute atomic E-state index is 13.1. The monoisotopic (exact) mass is 310 g/mol. The fraction of sp³-hybridized carbons (Fsp3) is 0.0769. The molecule has 2 aromatic heterocycles. The Kier molecular flexibility index (Phi) is 3.25. The molecule has 0 atom stereocenters. The van der Waals surface area contributed by atoms with E-state index in [-0.39, 0.29) is 10.6 Å². The molecule has 0 aliphatic rings. The molecule has 3 rings (SSSR count). The van der Waals surface area contributed by atoms with Crippen LogP contribution in [0.5, 0.6) is 0 Å². The predicted octanol–water partition coefficient (Wildman–Crippen LogP) is 3.48. The van der Waals surface area contributed by atoms with Crippen molar-refractivity contribution in [1.82, 2.24) is 14.6 Å². The minimum Gasteiger partial charge on any atom is -0.399 e. The number of nitrogens with two attached hydrogens (primary N) is 1. The van der Waals surface area contributed by atoms with Crippen LogP contribution in [-0.2, 0) is 6.18 Å². The SMILES string of the molecule is Nc1ccc(Sc2nnc3ccccn23)c(C(F)(F)F)c1. The molecule has 0 saturated carbocycles. The molecule has 0 radical (unpaired) electrons. The normalized spacial score (nSPS) is 12.0. The molecule has 1 aromatic carbocycles. The smallest absolute Gasteiger partial charge is 0.399 e. The Bertz CT molecular complexity index is 797. The van der Waals surface area contributed by atoms with E-state index in [1.807, 2.05) is 0 Å². The van der Waals surface area contributed by atoms with Crippen LogP contribution < -0.4 is 5.73 Å². The Labute approximate surface area is 121 Å². The Morgan fingerprint density at radius 1 is 1.10 bits per heavy atom. The zero-order chi connectivity index (χ0) is 15.0. The Morgan fingerprint density at radius 2 is 1.90 bits per heavy atom. The summed E-state index contributed by atoms with van der Waals surface area (Å²) in [6, 6.07) is 8.96. The number of rotatable bonds is 2. The number of pyridine rings is 1. The van der Waals surface area contributed by atoms with Gasteiger partial charge < -0.3 is 5.73 Å². The van der Waals surface area contributed by atoms with Crippen LogP contribution in [0.1, 0.15) is 5.56 Å². The first-order chi connectivity index (χ1) is 9.95. The second kappa shape index (κ2) is 4.96. The van der Waals surface area contributed by atoms with E-state index >= 15 is 0 Å². The van der Waals surface area contributed by atoms with Crippen molar-refractivity contribution < 1.29 is 13.2 Å². The molecular weight excluding hydrogens is 301 g/mol. The molecule has 0 bridgehead atoms. The van der Waals surface area contributed by atoms with Crippen LogP contribution in [0.4, 0.5) is 18.9 Å². The van der Waals surface area contributed by atoms with Gasteiger partial charge in [-0.15, -0.1) is 10.2 Å². The molecule has 0 unspecified atom stereocenters. The topological polar surface area (TPSA) is 56.2 Å². The van der Waals surface area contributed by atoms with Crippen molar-refractivity contribution in [2.24, 2.45) is 0 Å². The van der Waals surface area contributed by atoms with Crippen molar-refractivity contribution in [2.75, 3.05) is 5.73 Å². The maximum Gasteiger partial charge on any atom is 0.417 e. The minimum absolute atomic E-state index is 0.0369. The largest absolute Gasteiger partial charge is 0.417 e. The number of aromatic nitrogens is 3. The van der Waals surface area contributed by atoms with Gasteiger partial charge in [-0.1, -0.05) is 6.07 Å². The van der Waals surface area contributed by atoms with Gasteiger partial charge in [-0.05, 0) is 42.1 Å². The first kappa shape index (κ1) is 13.7. The number of hydrogen-bond donors (Lipinski definition) is 1. The second-order valence-corrected chi connectivity index (χ2v) is 5.28. The van der Waals surface area contributed by atoms with E-state index in [9.17, 15) is 13.2 Å². The van der Waals surface area contributed by atoms with Gasteiger partial charge in [0.15, 0.2) is 10.8 Å². The van der Waals surface area contributed by atoms with Crippen LogP contribution in [0.25, 0.3) is 5.65 Å². The summed E-state index contributed by atoms with van der Waals surface area (Å²) in [7, 11) is 0. The molecule has 0 aliphatic carbocycles. The van der Waals surface area contributed by atoms with Crippen molar-refractivity contribution in [3.8, 4) is 0 Å². The second-order valence-electron chi connectivity index (χ2n) is 4.27. The number of nitrogen functional groups attached to an aromatic ring is 1. The summed E-state index contributed by atoms with van der Waals surface area (Å²) in [5.74, 6) is 0. The summed E-state index contributed by atoms with van der Waals surface area (Å²) in [5, 5.41) is 8.19. The summed E-state index contributed by atoms with van der Waals surface area (Å²) >= 11 is 0.900. The average Bonchev–Trinajstić information content (AvgIpc) is 2.83. The molecule has 0 aliphatic heterocycles. The molecule has 21 heavy (non-hydrogen) atoms. The standard InChI is InChI=1S/C13H9F3N4S/c14-13(15,16)9-7-8(17)4-5-10(9)21-12-19-18-11-3-1-2-6-20(11)12/h1-7H,17H2. The lowest BCUT2D eigenvalue weighted by Gasteiger charge is -2.12. The highest BCUT2D eigenvalue weighted by Gasteiger charge is 2.34. The Hall–Kier alpha value is -2.22. The van der Waals surface area contributed by atoms with E-state index in [0.717, 1.165) is 17.8 Å². The van der Waals surface area contributed by atoms with E-state index in [0.29, 0.717) is 10.8 Å². The third-order valence-electron chi connectivity index (χ3n) is 2.79. The van der Waals surface area contributed by atoms with Crippen LogP contribution >= 0.6 is 11.8 Å². The Balaban J connectivity index is 2.06. The number of hydrogen-bond acceptors (Lipinski definition) is 4. The van der Waals surface area contributed by atoms with Gasteiger partial charge in [-0.2, -0.15) is 13.2 Å². The number of nitrogens with zero attached hydrogens (tertiary/aromatic N) is 3. The van der Waals surface area contributed by atoms with Gasteiger partial charge in [0.2, 0.25) is 0 Å². The average molecular weight is 310 g/mol. The van der Waals surface area contributed by atoms with E-state index in [4.69, 9.17) is 5.73 Å². The maximum atomic E-state index is 13.1. The highest BCUT2D eigenvalue weighted by molar-refractivity contribution is 7.99. The summed E-state index contributed by atoms with van der Waals surface area (Å²) in [4.78, 5) is 0.0369. The Morgan fingerprint density at radius 3 is 2.67 bits per heavy atom. The van der Waals surface area contributed by atoms with Crippen LogP contribution in [0.15, 0.2) is 52.6 Å². The molecule has 2 heterocycles. The van der Waals surface area contributed by atoms with Crippen molar-refractivity contribution in [3.63, 3.8) is 0 Å². The molecule has 4 nitrogen and oxygen atoms in total. The third-order valence-corrected chi connectivity index (χ3v) is 3.83. The van der Waals surface area contributed by atoms with Gasteiger partial charge in [0.25, 0.3) is 0 Å². The fourth-order valence-electron chi connectivity index (χ4n) is 1.85. The highest BCUT2D eigenvalue weighted by Crippen LogP contribution is 2.39. The molecule has 0 saturated heterocycles. The first-order valence-corrected chi connectivity index (χ1v) is 6.71. The molecular formula is C13H9F3N4S. The van der Waals surface area contributed by atoms with E-state index in [2.05, 4.69) is 10.2 Å². The van der Waals surface area contributed by atoms with Gasteiger partial charge in [-0.3, -0.25) is 4.40 Å². The summed E-state index contributed by atoms with van der Waals surface area (Å²) in [5.41, 5.74) is 5.31. The lowest BCUT2D eigenvalue weighted by atomic mass is 10.2. The number of alkyl halides is 3. The molecule has 3 aromatic rings. The van der Waals surface area contributed by atoms with E-state index in [1.54, 1.807) is 28.8 Å². The highest BCUT2D eigenvalue weighted by atomic mass is 32.2. The summed E-state index contributed by atoms with van der Waals surface area (Å²) in [6.45, 7) is 0. The fourth-order valence-corrected chi connectivity index (χ4v) is 2.80. The number of halogens is 3. The van der Waals surface area contributed by atoms with E-state index < -0.39 is 11.7 Å². The van der Waals surface area contributed by atoms with Crippen molar-refractivity contribution >= 4 is 23.1 Å². The molecule has 108 valence electrons. The van der Waals surface area contributed by atoms with Gasteiger partial charge in [0.1, 0.15) is 0 Å². The van der Waals surface area contributed by atoms with Crippen molar-refractivity contribution in [2.45, 2.75) is 16.2 Å². The van der Waals surface area contributed by atoms with Gasteiger partial charge >= 0.3 is 6.18 Å².